The van der Waals surface area contributed by atoms with Gasteiger partial charge in [0.2, 0.25) is 0 Å². The minimum absolute atomic E-state index is 0.215. The van der Waals surface area contributed by atoms with E-state index in [9.17, 15) is 5.11 Å². The summed E-state index contributed by atoms with van der Waals surface area (Å²) in [4.78, 5) is 0. The Kier molecular flexibility index (Phi) is 5.64. The van der Waals surface area contributed by atoms with Gasteiger partial charge in [0.05, 0.1) is 17.8 Å². The smallest absolute Gasteiger partial charge is 0.0650 e. The van der Waals surface area contributed by atoms with Gasteiger partial charge in [0.25, 0.3) is 0 Å². The first-order chi connectivity index (χ1) is 9.63. The van der Waals surface area contributed by atoms with E-state index >= 15 is 0 Å². The molecule has 1 fully saturated rings. The van der Waals surface area contributed by atoms with Gasteiger partial charge in [0, 0.05) is 12.6 Å². The number of nitrogens with zero attached hydrogens (tertiary/aromatic N) is 2. The molecular weight excluding hydrogens is 248 g/mol. The molecule has 1 aliphatic rings. The molecule has 0 bridgehead atoms. The molecule has 20 heavy (non-hydrogen) atoms. The topological polar surface area (TPSA) is 38.0 Å². The van der Waals surface area contributed by atoms with Crippen LogP contribution in [-0.2, 0) is 6.42 Å². The highest BCUT2D eigenvalue weighted by atomic mass is 16.3. The summed E-state index contributed by atoms with van der Waals surface area (Å²) in [6, 6.07) is 2.57. The minimum atomic E-state index is -0.215. The number of aromatic nitrogens is 2. The molecule has 3 nitrogen and oxygen atoms in total. The highest BCUT2D eigenvalue weighted by Crippen LogP contribution is 2.31. The van der Waals surface area contributed by atoms with Crippen LogP contribution >= 0.6 is 0 Å². The Morgan fingerprint density at radius 3 is 2.50 bits per heavy atom. The largest absolute Gasteiger partial charge is 0.392 e. The average Bonchev–Trinajstić information content (AvgIpc) is 2.89. The lowest BCUT2D eigenvalue weighted by molar-refractivity contribution is 0.0751. The summed E-state index contributed by atoms with van der Waals surface area (Å²) in [5.74, 6) is 1.32. The van der Waals surface area contributed by atoms with Crippen molar-refractivity contribution in [3.8, 4) is 0 Å². The third-order valence-electron chi connectivity index (χ3n) is 5.00. The first-order valence-corrected chi connectivity index (χ1v) is 8.36. The second kappa shape index (κ2) is 7.26. The van der Waals surface area contributed by atoms with Crippen LogP contribution in [-0.4, -0.2) is 21.0 Å². The van der Waals surface area contributed by atoms with Gasteiger partial charge in [-0.15, -0.1) is 0 Å². The maximum atomic E-state index is 10.4. The van der Waals surface area contributed by atoms with Crippen LogP contribution in [0.1, 0.15) is 71.0 Å². The van der Waals surface area contributed by atoms with Crippen molar-refractivity contribution in [2.45, 2.75) is 77.9 Å². The Morgan fingerprint density at radius 2 is 1.90 bits per heavy atom. The van der Waals surface area contributed by atoms with E-state index in [1.165, 1.54) is 25.7 Å². The summed E-state index contributed by atoms with van der Waals surface area (Å²) in [5, 5.41) is 15.1. The maximum absolute atomic E-state index is 10.4. The zero-order chi connectivity index (χ0) is 14.5. The lowest BCUT2D eigenvalue weighted by atomic mass is 9.79. The van der Waals surface area contributed by atoms with Crippen molar-refractivity contribution in [2.24, 2.45) is 11.8 Å². The predicted octanol–water partition coefficient (Wildman–Crippen LogP) is 3.97. The van der Waals surface area contributed by atoms with Crippen LogP contribution in [0.2, 0.25) is 0 Å². The van der Waals surface area contributed by atoms with Gasteiger partial charge < -0.3 is 5.11 Å². The molecule has 1 aromatic rings. The summed E-state index contributed by atoms with van der Waals surface area (Å²) in [5.41, 5.74) is 1.04. The molecule has 0 aromatic carbocycles. The molecule has 1 unspecified atom stereocenters. The lowest BCUT2D eigenvalue weighted by Gasteiger charge is -2.29. The molecule has 2 rings (SSSR count). The fourth-order valence-electron chi connectivity index (χ4n) is 3.40. The van der Waals surface area contributed by atoms with E-state index < -0.39 is 0 Å². The van der Waals surface area contributed by atoms with Crippen molar-refractivity contribution in [3.63, 3.8) is 0 Å². The lowest BCUT2D eigenvalue weighted by Crippen LogP contribution is -2.27. The molecule has 114 valence electrons. The van der Waals surface area contributed by atoms with Crippen LogP contribution in [0.25, 0.3) is 0 Å². The number of hydrogen-bond acceptors (Lipinski definition) is 2. The van der Waals surface area contributed by atoms with Crippen molar-refractivity contribution < 1.29 is 5.11 Å². The molecule has 1 atom stereocenters. The SMILES string of the molecule is CCC(CC)n1ccc(CC(O)C2CCC(C)CC2)n1. The van der Waals surface area contributed by atoms with Crippen molar-refractivity contribution in [2.75, 3.05) is 0 Å². The van der Waals surface area contributed by atoms with E-state index in [-0.39, 0.29) is 6.10 Å². The van der Waals surface area contributed by atoms with E-state index in [0.717, 1.165) is 24.5 Å². The summed E-state index contributed by atoms with van der Waals surface area (Å²) < 4.78 is 2.07. The fourth-order valence-corrected chi connectivity index (χ4v) is 3.40. The number of rotatable bonds is 6. The molecular formula is C17H30N2O. The number of hydrogen-bond donors (Lipinski definition) is 1. The monoisotopic (exact) mass is 278 g/mol. The second-order valence-corrected chi connectivity index (χ2v) is 6.55. The minimum Gasteiger partial charge on any atom is -0.392 e. The maximum Gasteiger partial charge on any atom is 0.0650 e. The van der Waals surface area contributed by atoms with Gasteiger partial charge in [-0.05, 0) is 43.6 Å². The Bertz CT molecular complexity index is 389. The second-order valence-electron chi connectivity index (χ2n) is 6.55. The Labute approximate surface area is 123 Å². The van der Waals surface area contributed by atoms with Crippen LogP contribution in [0, 0.1) is 11.8 Å². The van der Waals surface area contributed by atoms with Crippen LogP contribution in [0.4, 0.5) is 0 Å². The molecule has 0 spiro atoms. The standard InChI is InChI=1S/C17H30N2O/c1-4-16(5-2)19-11-10-15(18-19)12-17(20)14-8-6-13(3)7-9-14/h10-11,13-14,16-17,20H,4-9,12H2,1-3H3. The zero-order valence-corrected chi connectivity index (χ0v) is 13.3. The van der Waals surface area contributed by atoms with Gasteiger partial charge in [-0.2, -0.15) is 5.10 Å². The first-order valence-electron chi connectivity index (χ1n) is 8.36. The van der Waals surface area contributed by atoms with E-state index in [1.54, 1.807) is 0 Å². The molecule has 1 N–H and O–H groups in total. The molecule has 1 heterocycles. The normalized spacial score (nSPS) is 25.1. The van der Waals surface area contributed by atoms with E-state index in [0.29, 0.717) is 18.4 Å². The molecule has 0 radical (unpaired) electrons. The van der Waals surface area contributed by atoms with Gasteiger partial charge in [0.1, 0.15) is 0 Å². The Hall–Kier alpha value is -0.830. The highest BCUT2D eigenvalue weighted by molar-refractivity contribution is 5.02. The molecule has 1 aromatic heterocycles. The quantitative estimate of drug-likeness (QED) is 0.855. The Morgan fingerprint density at radius 1 is 1.25 bits per heavy atom. The fraction of sp³-hybridized carbons (Fsp3) is 0.824. The first kappa shape index (κ1) is 15.6. The summed E-state index contributed by atoms with van der Waals surface area (Å²) in [7, 11) is 0. The Balaban J connectivity index is 1.89. The predicted molar refractivity (Wildman–Crippen MR) is 82.7 cm³/mol. The number of aliphatic hydroxyl groups is 1. The molecule has 0 aliphatic heterocycles. The summed E-state index contributed by atoms with van der Waals surface area (Å²) in [6.07, 6.45) is 9.68. The van der Waals surface area contributed by atoms with Crippen molar-refractivity contribution in [1.29, 1.82) is 0 Å². The summed E-state index contributed by atoms with van der Waals surface area (Å²) in [6.45, 7) is 6.72. The van der Waals surface area contributed by atoms with Gasteiger partial charge in [-0.1, -0.05) is 33.6 Å². The van der Waals surface area contributed by atoms with Gasteiger partial charge in [0.15, 0.2) is 0 Å². The zero-order valence-electron chi connectivity index (χ0n) is 13.3. The third-order valence-corrected chi connectivity index (χ3v) is 5.00. The highest BCUT2D eigenvalue weighted by Gasteiger charge is 2.25. The van der Waals surface area contributed by atoms with Crippen LogP contribution in [0.15, 0.2) is 12.3 Å². The van der Waals surface area contributed by atoms with E-state index in [1.807, 2.05) is 0 Å². The number of aliphatic hydroxyl groups excluding tert-OH is 1. The van der Waals surface area contributed by atoms with Gasteiger partial charge in [-0.25, -0.2) is 0 Å². The van der Waals surface area contributed by atoms with Gasteiger partial charge >= 0.3 is 0 Å². The van der Waals surface area contributed by atoms with Gasteiger partial charge in [-0.3, -0.25) is 4.68 Å². The van der Waals surface area contributed by atoms with Crippen LogP contribution in [0.3, 0.4) is 0 Å². The molecule has 1 aliphatic carbocycles. The molecule has 0 saturated heterocycles. The summed E-state index contributed by atoms with van der Waals surface area (Å²) >= 11 is 0. The van der Waals surface area contributed by atoms with E-state index in [4.69, 9.17) is 0 Å². The third kappa shape index (κ3) is 3.85. The average molecular weight is 278 g/mol. The molecule has 1 saturated carbocycles. The van der Waals surface area contributed by atoms with Crippen LogP contribution in [0.5, 0.6) is 0 Å². The van der Waals surface area contributed by atoms with Crippen molar-refractivity contribution in [3.05, 3.63) is 18.0 Å². The molecule has 3 heteroatoms. The van der Waals surface area contributed by atoms with E-state index in [2.05, 4.69) is 42.8 Å². The van der Waals surface area contributed by atoms with Crippen LogP contribution < -0.4 is 0 Å². The van der Waals surface area contributed by atoms with Crippen molar-refractivity contribution >= 4 is 0 Å². The van der Waals surface area contributed by atoms with Crippen molar-refractivity contribution in [1.82, 2.24) is 9.78 Å². The molecule has 0 amide bonds.